The molecule has 2 N–H and O–H groups in total. The van der Waals surface area contributed by atoms with E-state index in [1.807, 2.05) is 17.0 Å². The van der Waals surface area contributed by atoms with Crippen molar-refractivity contribution in [2.24, 2.45) is 4.99 Å². The van der Waals surface area contributed by atoms with E-state index in [0.29, 0.717) is 19.1 Å². The highest BCUT2D eigenvalue weighted by Gasteiger charge is 2.21. The lowest BCUT2D eigenvalue weighted by Crippen LogP contribution is -2.37. The summed E-state index contributed by atoms with van der Waals surface area (Å²) in [6.07, 6.45) is 4.90. The van der Waals surface area contributed by atoms with Crippen LogP contribution >= 0.6 is 24.0 Å². The maximum absolute atomic E-state index is 11.8. The van der Waals surface area contributed by atoms with Gasteiger partial charge in [-0.3, -0.25) is 9.79 Å². The normalized spacial score (nSPS) is 17.9. The molecule has 0 atom stereocenters. The Morgan fingerprint density at radius 1 is 1.24 bits per heavy atom. The van der Waals surface area contributed by atoms with E-state index in [1.54, 1.807) is 7.05 Å². The number of nitrogens with zero attached hydrogens (tertiary/aromatic N) is 2. The lowest BCUT2D eigenvalue weighted by molar-refractivity contribution is -0.117. The second kappa shape index (κ2) is 13.0. The first-order valence-corrected chi connectivity index (χ1v) is 10.3. The zero-order valence-corrected chi connectivity index (χ0v) is 19.5. The molecule has 3 rings (SSSR count). The molecule has 1 aromatic carbocycles. The van der Waals surface area contributed by atoms with Crippen LogP contribution in [-0.4, -0.2) is 57.9 Å². The number of amides is 1. The fourth-order valence-corrected chi connectivity index (χ4v) is 3.49. The number of hydrogen-bond acceptors (Lipinski definition) is 4. The SMILES string of the molecule is CN=C(NCCCOC1CCOCC1)NCc1ccc(N2CCCC2=O)cc1.I. The summed E-state index contributed by atoms with van der Waals surface area (Å²) in [4.78, 5) is 18.0. The predicted octanol–water partition coefficient (Wildman–Crippen LogP) is 2.68. The molecule has 2 aliphatic rings. The fraction of sp³-hybridized carbons (Fsp3) is 0.619. The van der Waals surface area contributed by atoms with Crippen LogP contribution in [0.1, 0.15) is 37.7 Å². The Bertz CT molecular complexity index is 648. The molecule has 0 radical (unpaired) electrons. The summed E-state index contributed by atoms with van der Waals surface area (Å²) in [6.45, 7) is 4.71. The van der Waals surface area contributed by atoms with Crippen LogP contribution in [0.25, 0.3) is 0 Å². The van der Waals surface area contributed by atoms with Gasteiger partial charge in [0.15, 0.2) is 5.96 Å². The van der Waals surface area contributed by atoms with E-state index in [2.05, 4.69) is 27.8 Å². The van der Waals surface area contributed by atoms with E-state index in [-0.39, 0.29) is 29.9 Å². The van der Waals surface area contributed by atoms with Gasteiger partial charge < -0.3 is 25.0 Å². The lowest BCUT2D eigenvalue weighted by atomic mass is 10.1. The monoisotopic (exact) mass is 516 g/mol. The van der Waals surface area contributed by atoms with Crippen LogP contribution in [0.2, 0.25) is 0 Å². The Balaban J connectivity index is 0.00000300. The topological polar surface area (TPSA) is 75.2 Å². The van der Waals surface area contributed by atoms with E-state index in [0.717, 1.165) is 75.8 Å². The van der Waals surface area contributed by atoms with Gasteiger partial charge >= 0.3 is 0 Å². The molecule has 2 aliphatic heterocycles. The maximum Gasteiger partial charge on any atom is 0.227 e. The number of carbonyl (C=O) groups excluding carboxylic acids is 1. The van der Waals surface area contributed by atoms with E-state index in [1.165, 1.54) is 0 Å². The fourth-order valence-electron chi connectivity index (χ4n) is 3.49. The van der Waals surface area contributed by atoms with Crippen LogP contribution in [0.3, 0.4) is 0 Å². The molecule has 162 valence electrons. The van der Waals surface area contributed by atoms with Gasteiger partial charge in [-0.2, -0.15) is 0 Å². The zero-order chi connectivity index (χ0) is 19.6. The molecule has 0 aliphatic carbocycles. The van der Waals surface area contributed by atoms with Gasteiger partial charge in [-0.15, -0.1) is 24.0 Å². The number of anilines is 1. The third-order valence-corrected chi connectivity index (χ3v) is 5.14. The summed E-state index contributed by atoms with van der Waals surface area (Å²) >= 11 is 0. The van der Waals surface area contributed by atoms with Crippen molar-refractivity contribution in [2.45, 2.75) is 44.8 Å². The van der Waals surface area contributed by atoms with E-state index in [4.69, 9.17) is 9.47 Å². The van der Waals surface area contributed by atoms with Crippen LogP contribution in [0.15, 0.2) is 29.3 Å². The summed E-state index contributed by atoms with van der Waals surface area (Å²) in [5, 5.41) is 6.65. The smallest absolute Gasteiger partial charge is 0.227 e. The standard InChI is InChI=1S/C21H32N4O3.HI/c1-22-21(23-11-3-13-28-19-9-14-27-15-10-19)24-16-17-5-7-18(8-6-17)25-12-2-4-20(25)26;/h5-8,19H,2-4,9-16H2,1H3,(H2,22,23,24);1H. The van der Waals surface area contributed by atoms with Gasteiger partial charge in [0.1, 0.15) is 0 Å². The number of guanidine groups is 1. The first-order valence-electron chi connectivity index (χ1n) is 10.3. The summed E-state index contributed by atoms with van der Waals surface area (Å²) in [5.41, 5.74) is 2.14. The molecule has 0 aromatic heterocycles. The van der Waals surface area contributed by atoms with E-state index >= 15 is 0 Å². The average molecular weight is 516 g/mol. The van der Waals surface area contributed by atoms with Gasteiger partial charge in [0.05, 0.1) is 6.10 Å². The molecule has 1 amide bonds. The van der Waals surface area contributed by atoms with Crippen molar-refractivity contribution >= 4 is 41.5 Å². The van der Waals surface area contributed by atoms with Crippen LogP contribution in [0.4, 0.5) is 5.69 Å². The molecule has 0 spiro atoms. The Morgan fingerprint density at radius 3 is 2.66 bits per heavy atom. The third-order valence-electron chi connectivity index (χ3n) is 5.14. The molecular weight excluding hydrogens is 483 g/mol. The number of benzene rings is 1. The number of hydrogen-bond donors (Lipinski definition) is 2. The minimum Gasteiger partial charge on any atom is -0.381 e. The first-order chi connectivity index (χ1) is 13.8. The van der Waals surface area contributed by atoms with Crippen LogP contribution < -0.4 is 15.5 Å². The largest absolute Gasteiger partial charge is 0.381 e. The van der Waals surface area contributed by atoms with E-state index < -0.39 is 0 Å². The Labute approximate surface area is 190 Å². The Morgan fingerprint density at radius 2 is 2.00 bits per heavy atom. The van der Waals surface area contributed by atoms with Crippen molar-refractivity contribution in [3.05, 3.63) is 29.8 Å². The molecule has 2 fully saturated rings. The number of rotatable bonds is 8. The van der Waals surface area contributed by atoms with Crippen LogP contribution in [0.5, 0.6) is 0 Å². The summed E-state index contributed by atoms with van der Waals surface area (Å²) in [6, 6.07) is 8.15. The Hall–Kier alpha value is -1.39. The van der Waals surface area contributed by atoms with Gasteiger partial charge in [-0.25, -0.2) is 0 Å². The van der Waals surface area contributed by atoms with Crippen molar-refractivity contribution in [1.82, 2.24) is 10.6 Å². The van der Waals surface area contributed by atoms with Crippen molar-refractivity contribution in [3.63, 3.8) is 0 Å². The van der Waals surface area contributed by atoms with Gasteiger partial charge in [-0.1, -0.05) is 12.1 Å². The van der Waals surface area contributed by atoms with Gasteiger partial charge in [0.25, 0.3) is 0 Å². The highest BCUT2D eigenvalue weighted by molar-refractivity contribution is 14.0. The molecule has 7 nitrogen and oxygen atoms in total. The maximum atomic E-state index is 11.8. The first kappa shape index (κ1) is 23.9. The van der Waals surface area contributed by atoms with Crippen molar-refractivity contribution in [1.29, 1.82) is 0 Å². The highest BCUT2D eigenvalue weighted by Crippen LogP contribution is 2.21. The number of nitrogens with one attached hydrogen (secondary N) is 2. The third kappa shape index (κ3) is 7.75. The molecule has 2 heterocycles. The van der Waals surface area contributed by atoms with Crippen LogP contribution in [-0.2, 0) is 20.8 Å². The minimum absolute atomic E-state index is 0. The Kier molecular flexibility index (Phi) is 10.7. The zero-order valence-electron chi connectivity index (χ0n) is 17.2. The van der Waals surface area contributed by atoms with Gasteiger partial charge in [0, 0.05) is 58.6 Å². The number of carbonyl (C=O) groups is 1. The number of ether oxygens (including phenoxy) is 2. The molecule has 1 aromatic rings. The quantitative estimate of drug-likeness (QED) is 0.241. The molecule has 29 heavy (non-hydrogen) atoms. The van der Waals surface area contributed by atoms with Gasteiger partial charge in [0.2, 0.25) is 5.91 Å². The van der Waals surface area contributed by atoms with Crippen molar-refractivity contribution < 1.29 is 14.3 Å². The molecule has 8 heteroatoms. The van der Waals surface area contributed by atoms with Crippen molar-refractivity contribution in [2.75, 3.05) is 44.9 Å². The number of aliphatic imine (C=N–C) groups is 1. The predicted molar refractivity (Wildman–Crippen MR) is 126 cm³/mol. The lowest BCUT2D eigenvalue weighted by Gasteiger charge is -2.22. The molecule has 0 bridgehead atoms. The van der Waals surface area contributed by atoms with Gasteiger partial charge in [-0.05, 0) is 43.4 Å². The molecular formula is C21H33IN4O3. The average Bonchev–Trinajstić information content (AvgIpc) is 3.17. The summed E-state index contributed by atoms with van der Waals surface area (Å²) in [5.74, 6) is 1.00. The van der Waals surface area contributed by atoms with Crippen molar-refractivity contribution in [3.8, 4) is 0 Å². The van der Waals surface area contributed by atoms with Crippen LogP contribution in [0, 0.1) is 0 Å². The highest BCUT2D eigenvalue weighted by atomic mass is 127. The molecule has 2 saturated heterocycles. The van der Waals surface area contributed by atoms with E-state index in [9.17, 15) is 4.79 Å². The molecule has 0 unspecified atom stereocenters. The summed E-state index contributed by atoms with van der Waals surface area (Å²) < 4.78 is 11.2. The second-order valence-corrected chi connectivity index (χ2v) is 7.20. The second-order valence-electron chi connectivity index (χ2n) is 7.20. The number of halogens is 1. The molecule has 0 saturated carbocycles. The minimum atomic E-state index is 0. The summed E-state index contributed by atoms with van der Waals surface area (Å²) in [7, 11) is 1.77.